The molecule has 0 radical (unpaired) electrons. The van der Waals surface area contributed by atoms with Gasteiger partial charge in [0.25, 0.3) is 0 Å². The van der Waals surface area contributed by atoms with Crippen molar-refractivity contribution in [2.45, 2.75) is 0 Å². The SMILES string of the molecule is Clc1cc2cccnc2c2ccccc12. The Bertz CT molecular complexity index is 646. The van der Waals surface area contributed by atoms with Crippen molar-refractivity contribution in [3.63, 3.8) is 0 Å². The number of hydrogen-bond acceptors (Lipinski definition) is 1. The van der Waals surface area contributed by atoms with Gasteiger partial charge in [-0.1, -0.05) is 41.9 Å². The monoisotopic (exact) mass is 213 g/mol. The molecule has 2 aromatic carbocycles. The van der Waals surface area contributed by atoms with Gasteiger partial charge in [0.05, 0.1) is 5.52 Å². The molecule has 0 aliphatic heterocycles. The second-order valence-corrected chi connectivity index (χ2v) is 3.89. The quantitative estimate of drug-likeness (QED) is 0.514. The smallest absolute Gasteiger partial charge is 0.0781 e. The van der Waals surface area contributed by atoms with E-state index in [1.54, 1.807) is 0 Å². The second-order valence-electron chi connectivity index (χ2n) is 3.48. The molecule has 1 aromatic heterocycles. The number of benzene rings is 2. The fourth-order valence-corrected chi connectivity index (χ4v) is 2.15. The molecule has 1 heterocycles. The Morgan fingerprint density at radius 2 is 1.73 bits per heavy atom. The van der Waals surface area contributed by atoms with Crippen LogP contribution in [0.25, 0.3) is 21.7 Å². The molecule has 2 heteroatoms. The van der Waals surface area contributed by atoms with Crippen molar-refractivity contribution in [3.05, 3.63) is 53.7 Å². The van der Waals surface area contributed by atoms with Gasteiger partial charge in [-0.3, -0.25) is 4.98 Å². The van der Waals surface area contributed by atoms with Crippen molar-refractivity contribution in [1.29, 1.82) is 0 Å². The fraction of sp³-hybridized carbons (Fsp3) is 0. The zero-order chi connectivity index (χ0) is 10.3. The highest BCUT2D eigenvalue weighted by atomic mass is 35.5. The first kappa shape index (κ1) is 8.69. The van der Waals surface area contributed by atoms with Gasteiger partial charge in [0.15, 0.2) is 0 Å². The minimum Gasteiger partial charge on any atom is -0.256 e. The summed E-state index contributed by atoms with van der Waals surface area (Å²) >= 11 is 6.21. The van der Waals surface area contributed by atoms with Crippen molar-refractivity contribution < 1.29 is 0 Å². The molecule has 0 fully saturated rings. The third-order valence-corrected chi connectivity index (χ3v) is 2.87. The van der Waals surface area contributed by atoms with E-state index in [2.05, 4.69) is 11.1 Å². The molecule has 0 spiro atoms. The van der Waals surface area contributed by atoms with E-state index < -0.39 is 0 Å². The van der Waals surface area contributed by atoms with Gasteiger partial charge in [0.2, 0.25) is 0 Å². The summed E-state index contributed by atoms with van der Waals surface area (Å²) in [6.45, 7) is 0. The third kappa shape index (κ3) is 1.28. The normalized spacial score (nSPS) is 11.0. The zero-order valence-corrected chi connectivity index (χ0v) is 8.70. The van der Waals surface area contributed by atoms with Gasteiger partial charge in [-0.2, -0.15) is 0 Å². The van der Waals surface area contributed by atoms with Crippen molar-refractivity contribution in [1.82, 2.24) is 4.98 Å². The standard InChI is InChI=1S/C13H8ClN/c14-12-8-9-4-3-7-15-13(9)11-6-2-1-5-10(11)12/h1-8H. The summed E-state index contributed by atoms with van der Waals surface area (Å²) in [7, 11) is 0. The van der Waals surface area contributed by atoms with Crippen LogP contribution in [0.2, 0.25) is 5.02 Å². The van der Waals surface area contributed by atoms with Crippen LogP contribution in [0.4, 0.5) is 0 Å². The molecule has 0 atom stereocenters. The van der Waals surface area contributed by atoms with Gasteiger partial charge in [-0.25, -0.2) is 0 Å². The number of aromatic nitrogens is 1. The molecule has 0 bridgehead atoms. The molecule has 0 saturated heterocycles. The average Bonchev–Trinajstić information content (AvgIpc) is 2.30. The van der Waals surface area contributed by atoms with Crippen LogP contribution in [0.3, 0.4) is 0 Å². The van der Waals surface area contributed by atoms with Crippen LogP contribution >= 0.6 is 11.6 Å². The van der Waals surface area contributed by atoms with Crippen LogP contribution in [0.1, 0.15) is 0 Å². The van der Waals surface area contributed by atoms with Crippen molar-refractivity contribution in [2.24, 2.45) is 0 Å². The second kappa shape index (κ2) is 3.21. The summed E-state index contributed by atoms with van der Waals surface area (Å²) in [5.41, 5.74) is 1.01. The molecule has 3 aromatic rings. The summed E-state index contributed by atoms with van der Waals surface area (Å²) in [5.74, 6) is 0. The first-order chi connectivity index (χ1) is 7.36. The highest BCUT2D eigenvalue weighted by Gasteiger charge is 2.04. The Balaban J connectivity index is 2.64. The van der Waals surface area contributed by atoms with Crippen LogP contribution in [0.5, 0.6) is 0 Å². The molecule has 0 N–H and O–H groups in total. The van der Waals surface area contributed by atoms with Crippen LogP contribution < -0.4 is 0 Å². The van der Waals surface area contributed by atoms with Crippen molar-refractivity contribution >= 4 is 33.3 Å². The number of fused-ring (bicyclic) bond motifs is 3. The van der Waals surface area contributed by atoms with Gasteiger partial charge in [-0.15, -0.1) is 0 Å². The molecule has 3 rings (SSSR count). The molecule has 0 aliphatic rings. The molecule has 0 saturated carbocycles. The van der Waals surface area contributed by atoms with Crippen LogP contribution in [0.15, 0.2) is 48.7 Å². The van der Waals surface area contributed by atoms with Gasteiger partial charge in [-0.05, 0) is 12.1 Å². The lowest BCUT2D eigenvalue weighted by Gasteiger charge is -2.04. The van der Waals surface area contributed by atoms with Gasteiger partial charge in [0.1, 0.15) is 0 Å². The maximum atomic E-state index is 6.21. The van der Waals surface area contributed by atoms with E-state index in [4.69, 9.17) is 11.6 Å². The van der Waals surface area contributed by atoms with E-state index in [1.165, 1.54) is 0 Å². The maximum absolute atomic E-state index is 6.21. The number of halogens is 1. The van der Waals surface area contributed by atoms with E-state index in [9.17, 15) is 0 Å². The molecule has 0 amide bonds. The number of hydrogen-bond donors (Lipinski definition) is 0. The molecular weight excluding hydrogens is 206 g/mol. The topological polar surface area (TPSA) is 12.9 Å². The predicted molar refractivity (Wildman–Crippen MR) is 64.3 cm³/mol. The molecule has 15 heavy (non-hydrogen) atoms. The highest BCUT2D eigenvalue weighted by Crippen LogP contribution is 2.29. The first-order valence-electron chi connectivity index (χ1n) is 4.78. The molecule has 1 nitrogen and oxygen atoms in total. The Hall–Kier alpha value is -1.60. The zero-order valence-electron chi connectivity index (χ0n) is 7.94. The summed E-state index contributed by atoms with van der Waals surface area (Å²) in [5, 5.41) is 4.04. The van der Waals surface area contributed by atoms with Gasteiger partial charge < -0.3 is 0 Å². The first-order valence-corrected chi connectivity index (χ1v) is 5.16. The average molecular weight is 214 g/mol. The van der Waals surface area contributed by atoms with Gasteiger partial charge in [0, 0.05) is 27.4 Å². The summed E-state index contributed by atoms with van der Waals surface area (Å²) in [6.07, 6.45) is 1.81. The van der Waals surface area contributed by atoms with E-state index in [0.29, 0.717) is 0 Å². The lowest BCUT2D eigenvalue weighted by molar-refractivity contribution is 1.43. The largest absolute Gasteiger partial charge is 0.256 e. The van der Waals surface area contributed by atoms with Crippen LogP contribution in [-0.2, 0) is 0 Å². The van der Waals surface area contributed by atoms with Crippen molar-refractivity contribution in [2.75, 3.05) is 0 Å². The summed E-state index contributed by atoms with van der Waals surface area (Å²) in [6, 6.07) is 14.0. The third-order valence-electron chi connectivity index (χ3n) is 2.56. The fourth-order valence-electron chi connectivity index (χ4n) is 1.87. The summed E-state index contributed by atoms with van der Waals surface area (Å²) in [4.78, 5) is 4.39. The highest BCUT2D eigenvalue weighted by molar-refractivity contribution is 6.37. The number of rotatable bonds is 0. The lowest BCUT2D eigenvalue weighted by atomic mass is 10.1. The van der Waals surface area contributed by atoms with Gasteiger partial charge >= 0.3 is 0 Å². The Morgan fingerprint density at radius 1 is 0.933 bits per heavy atom. The van der Waals surface area contributed by atoms with E-state index >= 15 is 0 Å². The molecule has 0 unspecified atom stereocenters. The Labute approximate surface area is 92.3 Å². The van der Waals surface area contributed by atoms with Crippen molar-refractivity contribution in [3.8, 4) is 0 Å². The number of nitrogens with zero attached hydrogens (tertiary/aromatic N) is 1. The van der Waals surface area contributed by atoms with E-state index in [-0.39, 0.29) is 0 Å². The predicted octanol–water partition coefficient (Wildman–Crippen LogP) is 4.04. The molecule has 0 aliphatic carbocycles. The lowest BCUT2D eigenvalue weighted by Crippen LogP contribution is -1.81. The number of pyridine rings is 1. The van der Waals surface area contributed by atoms with Crippen LogP contribution in [-0.4, -0.2) is 4.98 Å². The van der Waals surface area contributed by atoms with E-state index in [1.807, 2.05) is 42.6 Å². The Morgan fingerprint density at radius 3 is 2.60 bits per heavy atom. The van der Waals surface area contributed by atoms with Crippen LogP contribution in [0, 0.1) is 0 Å². The maximum Gasteiger partial charge on any atom is 0.0781 e. The Kier molecular flexibility index (Phi) is 1.86. The summed E-state index contributed by atoms with van der Waals surface area (Å²) < 4.78 is 0. The molecule has 72 valence electrons. The minimum atomic E-state index is 0.783. The van der Waals surface area contributed by atoms with E-state index in [0.717, 1.165) is 26.7 Å². The minimum absolute atomic E-state index is 0.783. The molecular formula is C13H8ClN.